The molecule has 3 fully saturated rings. The Morgan fingerprint density at radius 3 is 2.70 bits per heavy atom. The van der Waals surface area contributed by atoms with E-state index in [-0.39, 0.29) is 18.3 Å². The quantitative estimate of drug-likeness (QED) is 0.600. The minimum Gasteiger partial charge on any atom is -0.484 e. The van der Waals surface area contributed by atoms with Gasteiger partial charge in [0.25, 0.3) is 5.91 Å². The first-order chi connectivity index (χ1) is 16.1. The van der Waals surface area contributed by atoms with Crippen molar-refractivity contribution in [3.05, 3.63) is 72.2 Å². The number of carbonyl (C=O) groups is 1. The Morgan fingerprint density at radius 2 is 1.97 bits per heavy atom. The van der Waals surface area contributed by atoms with E-state index in [0.29, 0.717) is 30.2 Å². The fraction of sp³-hybridized carbons (Fsp3) is 0.385. The lowest BCUT2D eigenvalue weighted by atomic mass is 9.74. The van der Waals surface area contributed by atoms with Crippen molar-refractivity contribution in [2.45, 2.75) is 24.8 Å². The van der Waals surface area contributed by atoms with Crippen molar-refractivity contribution in [2.24, 2.45) is 13.0 Å². The molecule has 3 saturated heterocycles. The van der Waals surface area contributed by atoms with Crippen LogP contribution in [0, 0.1) is 11.7 Å². The van der Waals surface area contributed by atoms with Gasteiger partial charge in [-0.1, -0.05) is 18.2 Å². The highest BCUT2D eigenvalue weighted by Crippen LogP contribution is 2.42. The zero-order valence-corrected chi connectivity index (χ0v) is 18.8. The molecule has 0 radical (unpaired) electrons. The number of benzene rings is 2. The lowest BCUT2D eigenvalue weighted by Gasteiger charge is -2.49. The summed E-state index contributed by atoms with van der Waals surface area (Å²) in [6.07, 6.45) is 2.21. The second-order valence-electron chi connectivity index (χ2n) is 9.03. The highest BCUT2D eigenvalue weighted by molar-refractivity contribution is 5.77. The van der Waals surface area contributed by atoms with Crippen molar-refractivity contribution in [1.82, 2.24) is 20.0 Å². The number of nitrogens with one attached hydrogen (secondary N) is 1. The second kappa shape index (κ2) is 9.35. The summed E-state index contributed by atoms with van der Waals surface area (Å²) in [5, 5.41) is 7.75. The Bertz CT molecular complexity index is 1100. The fourth-order valence-corrected chi connectivity index (χ4v) is 5.22. The van der Waals surface area contributed by atoms with Gasteiger partial charge in [0.15, 0.2) is 6.61 Å². The van der Waals surface area contributed by atoms with Gasteiger partial charge in [0.1, 0.15) is 11.6 Å². The first-order valence-electron chi connectivity index (χ1n) is 11.6. The maximum absolute atomic E-state index is 13.3. The standard InChI is InChI=1S/C26H29FN4O2/c1-30-25(14-24(29-30)18-7-9-20(27)10-8-18)23-16-31-12-11-19(23)13-21(31)15-28-26(32)17-33-22-5-3-2-4-6-22/h2-10,14,19,21,23H,11-13,15-17H2,1H3,(H,28,32)/t19-,21+,23-/m0/s1. The molecule has 3 aliphatic heterocycles. The van der Waals surface area contributed by atoms with Gasteiger partial charge < -0.3 is 10.1 Å². The van der Waals surface area contributed by atoms with Gasteiger partial charge in [-0.05, 0) is 67.8 Å². The predicted octanol–water partition coefficient (Wildman–Crippen LogP) is 3.60. The third-order valence-electron chi connectivity index (χ3n) is 6.96. The summed E-state index contributed by atoms with van der Waals surface area (Å²) in [6, 6.07) is 18.4. The molecule has 3 aliphatic rings. The molecule has 172 valence electrons. The second-order valence-corrected chi connectivity index (χ2v) is 9.03. The van der Waals surface area contributed by atoms with Crippen molar-refractivity contribution in [3.8, 4) is 17.0 Å². The third-order valence-corrected chi connectivity index (χ3v) is 6.96. The smallest absolute Gasteiger partial charge is 0.257 e. The zero-order valence-electron chi connectivity index (χ0n) is 18.8. The van der Waals surface area contributed by atoms with Gasteiger partial charge in [0.2, 0.25) is 0 Å². The molecule has 0 aliphatic carbocycles. The summed E-state index contributed by atoms with van der Waals surface area (Å²) in [4.78, 5) is 14.8. The van der Waals surface area contributed by atoms with E-state index in [4.69, 9.17) is 9.84 Å². The van der Waals surface area contributed by atoms with Crippen molar-refractivity contribution >= 4 is 5.91 Å². The first kappa shape index (κ1) is 21.6. The van der Waals surface area contributed by atoms with Gasteiger partial charge in [-0.3, -0.25) is 14.4 Å². The summed E-state index contributed by atoms with van der Waals surface area (Å²) >= 11 is 0. The molecule has 1 N–H and O–H groups in total. The van der Waals surface area contributed by atoms with Gasteiger partial charge >= 0.3 is 0 Å². The average Bonchev–Trinajstić information content (AvgIpc) is 3.24. The molecule has 3 aromatic rings. The minimum absolute atomic E-state index is 0.0317. The van der Waals surface area contributed by atoms with Crippen molar-refractivity contribution in [3.63, 3.8) is 0 Å². The van der Waals surface area contributed by atoms with Crippen LogP contribution < -0.4 is 10.1 Å². The Kier molecular flexibility index (Phi) is 6.13. The fourth-order valence-electron chi connectivity index (χ4n) is 5.22. The van der Waals surface area contributed by atoms with Crippen LogP contribution in [0.2, 0.25) is 0 Å². The molecule has 2 bridgehead atoms. The lowest BCUT2D eigenvalue weighted by molar-refractivity contribution is -0.123. The van der Waals surface area contributed by atoms with Crippen LogP contribution >= 0.6 is 0 Å². The Morgan fingerprint density at radius 1 is 1.18 bits per heavy atom. The van der Waals surface area contributed by atoms with Crippen LogP contribution in [0.5, 0.6) is 5.75 Å². The van der Waals surface area contributed by atoms with Crippen LogP contribution in [-0.2, 0) is 11.8 Å². The largest absolute Gasteiger partial charge is 0.484 e. The lowest BCUT2D eigenvalue weighted by Crippen LogP contribution is -2.56. The SMILES string of the molecule is Cn1nc(-c2ccc(F)cc2)cc1[C@H]1CN2CC[C@H]1C[C@@H]2CNC(=O)COc1ccccc1. The number of aromatic nitrogens is 2. The van der Waals surface area contributed by atoms with Crippen molar-refractivity contribution < 1.29 is 13.9 Å². The number of amides is 1. The Labute approximate surface area is 193 Å². The maximum atomic E-state index is 13.3. The molecule has 0 spiro atoms. The molecule has 2 aromatic carbocycles. The predicted molar refractivity (Wildman–Crippen MR) is 124 cm³/mol. The molecule has 1 aromatic heterocycles. The summed E-state index contributed by atoms with van der Waals surface area (Å²) in [6.45, 7) is 2.70. The average molecular weight is 449 g/mol. The van der Waals surface area contributed by atoms with Gasteiger partial charge in [-0.2, -0.15) is 5.10 Å². The normalized spacial score (nSPS) is 23.9. The first-order valence-corrected chi connectivity index (χ1v) is 11.6. The van der Waals surface area contributed by atoms with Crippen molar-refractivity contribution in [1.29, 1.82) is 0 Å². The Balaban J connectivity index is 1.18. The number of carbonyl (C=O) groups excluding carboxylic acids is 1. The van der Waals surface area contributed by atoms with Gasteiger partial charge in [-0.25, -0.2) is 4.39 Å². The molecule has 0 saturated carbocycles. The molecule has 4 atom stereocenters. The Hall–Kier alpha value is -3.19. The summed E-state index contributed by atoms with van der Waals surface area (Å²) in [5.74, 6) is 1.35. The highest BCUT2D eigenvalue weighted by Gasteiger charge is 2.41. The van der Waals surface area contributed by atoms with E-state index in [1.165, 1.54) is 17.8 Å². The number of ether oxygens (including phenoxy) is 1. The molecular formula is C26H29FN4O2. The summed E-state index contributed by atoms with van der Waals surface area (Å²) < 4.78 is 20.8. The van der Waals surface area contributed by atoms with E-state index in [2.05, 4.69) is 16.3 Å². The number of nitrogens with zero attached hydrogens (tertiary/aromatic N) is 3. The molecule has 1 unspecified atom stereocenters. The molecule has 6 rings (SSSR count). The number of para-hydroxylation sites is 1. The van der Waals surface area contributed by atoms with Crippen molar-refractivity contribution in [2.75, 3.05) is 26.2 Å². The van der Waals surface area contributed by atoms with E-state index in [1.54, 1.807) is 12.1 Å². The van der Waals surface area contributed by atoms with E-state index >= 15 is 0 Å². The summed E-state index contributed by atoms with van der Waals surface area (Å²) in [5.41, 5.74) is 3.03. The minimum atomic E-state index is -0.239. The monoisotopic (exact) mass is 448 g/mol. The van der Waals surface area contributed by atoms with Crippen LogP contribution in [0.4, 0.5) is 4.39 Å². The molecule has 33 heavy (non-hydrogen) atoms. The number of fused-ring (bicyclic) bond motifs is 3. The maximum Gasteiger partial charge on any atom is 0.257 e. The van der Waals surface area contributed by atoms with Crippen LogP contribution in [0.25, 0.3) is 11.3 Å². The summed E-state index contributed by atoms with van der Waals surface area (Å²) in [7, 11) is 1.99. The van der Waals surface area contributed by atoms with E-state index in [9.17, 15) is 9.18 Å². The molecule has 4 heterocycles. The third kappa shape index (κ3) is 4.78. The van der Waals surface area contributed by atoms with Gasteiger partial charge in [0, 0.05) is 43.4 Å². The van der Waals surface area contributed by atoms with E-state index in [1.807, 2.05) is 42.1 Å². The van der Waals surface area contributed by atoms with Crippen LogP contribution in [-0.4, -0.2) is 52.9 Å². The number of piperidine rings is 3. The molecular weight excluding hydrogens is 419 g/mol. The van der Waals surface area contributed by atoms with Gasteiger partial charge in [0.05, 0.1) is 5.69 Å². The highest BCUT2D eigenvalue weighted by atomic mass is 19.1. The van der Waals surface area contributed by atoms with Crippen LogP contribution in [0.3, 0.4) is 0 Å². The molecule has 7 heteroatoms. The number of halogens is 1. The van der Waals surface area contributed by atoms with Gasteiger partial charge in [-0.15, -0.1) is 0 Å². The molecule has 1 amide bonds. The number of aryl methyl sites for hydroxylation is 1. The van der Waals surface area contributed by atoms with E-state index in [0.717, 1.165) is 37.2 Å². The topological polar surface area (TPSA) is 59.4 Å². The number of rotatable bonds is 7. The number of hydrogen-bond donors (Lipinski definition) is 1. The van der Waals surface area contributed by atoms with Crippen LogP contribution in [0.1, 0.15) is 24.5 Å². The molecule has 6 nitrogen and oxygen atoms in total. The van der Waals surface area contributed by atoms with E-state index < -0.39 is 0 Å². The zero-order chi connectivity index (χ0) is 22.8. The van der Waals surface area contributed by atoms with Crippen LogP contribution in [0.15, 0.2) is 60.7 Å². The number of hydrogen-bond acceptors (Lipinski definition) is 4.